The van der Waals surface area contributed by atoms with Gasteiger partial charge in [0.05, 0.1) is 16.8 Å². The normalized spacial score (nSPS) is 23.0. The zero-order chi connectivity index (χ0) is 20.8. The summed E-state index contributed by atoms with van der Waals surface area (Å²) in [4.78, 5) is 20.7. The minimum atomic E-state index is 0.106. The molecule has 1 amide bonds. The summed E-state index contributed by atoms with van der Waals surface area (Å²) in [5.41, 5.74) is 5.93. The molecule has 154 valence electrons. The molecule has 0 spiro atoms. The van der Waals surface area contributed by atoms with E-state index in [1.54, 1.807) is 0 Å². The smallest absolute Gasteiger partial charge is 0.254 e. The van der Waals surface area contributed by atoms with E-state index in [1.807, 2.05) is 36.2 Å². The first kappa shape index (κ1) is 19.3. The lowest BCUT2D eigenvalue weighted by Crippen LogP contribution is -2.48. The standard InChI is InChI=1S/C26H29N3O/c1-16-11-22-23(26(30)29(3)21-13-19-9-10-20(14-21)27-19)15-24(18-7-5-4-6-8-18)28-25(22)12-17(16)2/h4-8,11-12,15,19-21,27H,9-10,13-14H2,1-3H3. The van der Waals surface area contributed by atoms with E-state index in [9.17, 15) is 4.79 Å². The van der Waals surface area contributed by atoms with Gasteiger partial charge in [0, 0.05) is 36.1 Å². The second kappa shape index (κ2) is 7.51. The molecule has 2 aliphatic rings. The lowest BCUT2D eigenvalue weighted by atomic mass is 9.96. The van der Waals surface area contributed by atoms with Crippen molar-refractivity contribution in [1.82, 2.24) is 15.2 Å². The summed E-state index contributed by atoms with van der Waals surface area (Å²) in [5, 5.41) is 4.63. The van der Waals surface area contributed by atoms with Crippen LogP contribution in [0, 0.1) is 13.8 Å². The number of aromatic nitrogens is 1. The zero-order valence-corrected chi connectivity index (χ0v) is 18.0. The van der Waals surface area contributed by atoms with Gasteiger partial charge in [-0.2, -0.15) is 0 Å². The van der Waals surface area contributed by atoms with Crippen LogP contribution in [0.1, 0.15) is 47.2 Å². The molecule has 4 heteroatoms. The van der Waals surface area contributed by atoms with E-state index in [2.05, 4.69) is 43.4 Å². The number of carbonyl (C=O) groups excluding carboxylic acids is 1. The first-order valence-corrected chi connectivity index (χ1v) is 11.0. The monoisotopic (exact) mass is 399 g/mol. The Morgan fingerprint density at radius 3 is 2.37 bits per heavy atom. The average molecular weight is 400 g/mol. The highest BCUT2D eigenvalue weighted by molar-refractivity contribution is 6.07. The Balaban J connectivity index is 1.59. The molecule has 30 heavy (non-hydrogen) atoms. The van der Waals surface area contributed by atoms with Crippen LogP contribution in [0.3, 0.4) is 0 Å². The summed E-state index contributed by atoms with van der Waals surface area (Å²) in [6.07, 6.45) is 4.56. The Morgan fingerprint density at radius 1 is 1.00 bits per heavy atom. The topological polar surface area (TPSA) is 45.2 Å². The molecule has 0 aliphatic carbocycles. The minimum Gasteiger partial charge on any atom is -0.339 e. The number of piperidine rings is 1. The van der Waals surface area contributed by atoms with E-state index in [0.29, 0.717) is 18.1 Å². The zero-order valence-electron chi connectivity index (χ0n) is 18.0. The molecule has 4 nitrogen and oxygen atoms in total. The van der Waals surface area contributed by atoms with E-state index in [-0.39, 0.29) is 5.91 Å². The molecule has 2 fully saturated rings. The number of rotatable bonds is 3. The fourth-order valence-corrected chi connectivity index (χ4v) is 5.12. The molecule has 3 heterocycles. The highest BCUT2D eigenvalue weighted by Gasteiger charge is 2.36. The second-order valence-electron chi connectivity index (χ2n) is 9.05. The molecule has 0 saturated carbocycles. The van der Waals surface area contributed by atoms with Gasteiger partial charge in [0.2, 0.25) is 0 Å². The van der Waals surface area contributed by atoms with Crippen LogP contribution in [0.25, 0.3) is 22.2 Å². The van der Waals surface area contributed by atoms with Gasteiger partial charge in [-0.1, -0.05) is 30.3 Å². The third-order valence-corrected chi connectivity index (χ3v) is 7.04. The molecule has 2 aliphatic heterocycles. The lowest BCUT2D eigenvalue weighted by molar-refractivity contribution is 0.0683. The van der Waals surface area contributed by atoms with Gasteiger partial charge in [-0.3, -0.25) is 4.79 Å². The van der Waals surface area contributed by atoms with Crippen LogP contribution in [-0.2, 0) is 0 Å². The number of nitrogens with zero attached hydrogens (tertiary/aromatic N) is 2. The van der Waals surface area contributed by atoms with E-state index < -0.39 is 0 Å². The van der Waals surface area contributed by atoms with E-state index >= 15 is 0 Å². The fourth-order valence-electron chi connectivity index (χ4n) is 5.12. The lowest BCUT2D eigenvalue weighted by Gasteiger charge is -2.35. The van der Waals surface area contributed by atoms with Crippen LogP contribution in [0.4, 0.5) is 0 Å². The van der Waals surface area contributed by atoms with Crippen molar-refractivity contribution in [3.63, 3.8) is 0 Å². The minimum absolute atomic E-state index is 0.106. The Labute approximate surface area is 178 Å². The number of pyridine rings is 1. The van der Waals surface area contributed by atoms with Crippen molar-refractivity contribution in [3.05, 3.63) is 65.2 Å². The molecule has 1 N–H and O–H groups in total. The fraction of sp³-hybridized carbons (Fsp3) is 0.385. The molecule has 1 aromatic heterocycles. The Hall–Kier alpha value is -2.72. The maximum atomic E-state index is 13.7. The van der Waals surface area contributed by atoms with Crippen LogP contribution in [0.15, 0.2) is 48.5 Å². The predicted octanol–water partition coefficient (Wildman–Crippen LogP) is 4.87. The third kappa shape index (κ3) is 3.39. The van der Waals surface area contributed by atoms with Gasteiger partial charge in [-0.25, -0.2) is 4.98 Å². The molecule has 2 atom stereocenters. The van der Waals surface area contributed by atoms with Gasteiger partial charge in [-0.05, 0) is 68.9 Å². The van der Waals surface area contributed by atoms with Crippen LogP contribution < -0.4 is 5.32 Å². The van der Waals surface area contributed by atoms with Crippen LogP contribution in [-0.4, -0.2) is 41.0 Å². The summed E-state index contributed by atoms with van der Waals surface area (Å²) in [6, 6.07) is 17.8. The molecule has 0 radical (unpaired) electrons. The van der Waals surface area contributed by atoms with Gasteiger partial charge in [0.25, 0.3) is 5.91 Å². The first-order valence-electron chi connectivity index (χ1n) is 11.0. The van der Waals surface area contributed by atoms with Crippen molar-refractivity contribution in [2.45, 2.75) is 57.7 Å². The highest BCUT2D eigenvalue weighted by Crippen LogP contribution is 2.32. The number of hydrogen-bond acceptors (Lipinski definition) is 3. The molecule has 2 bridgehead atoms. The summed E-state index contributed by atoms with van der Waals surface area (Å²) in [7, 11) is 1.98. The largest absolute Gasteiger partial charge is 0.339 e. The quantitative estimate of drug-likeness (QED) is 0.683. The van der Waals surface area contributed by atoms with Gasteiger partial charge in [0.1, 0.15) is 0 Å². The third-order valence-electron chi connectivity index (χ3n) is 7.04. The molecule has 2 saturated heterocycles. The summed E-state index contributed by atoms with van der Waals surface area (Å²) < 4.78 is 0. The van der Waals surface area contributed by atoms with Crippen molar-refractivity contribution in [2.75, 3.05) is 7.05 Å². The van der Waals surface area contributed by atoms with E-state index in [0.717, 1.165) is 40.6 Å². The van der Waals surface area contributed by atoms with Crippen molar-refractivity contribution < 1.29 is 4.79 Å². The van der Waals surface area contributed by atoms with Crippen molar-refractivity contribution in [1.29, 1.82) is 0 Å². The summed E-state index contributed by atoms with van der Waals surface area (Å²) in [5.74, 6) is 0.106. The van der Waals surface area contributed by atoms with Crippen molar-refractivity contribution >= 4 is 16.8 Å². The number of fused-ring (bicyclic) bond motifs is 3. The Bertz CT molecular complexity index is 1100. The molecule has 2 unspecified atom stereocenters. The highest BCUT2D eigenvalue weighted by atomic mass is 16.2. The molecular formula is C26H29N3O. The molecule has 5 rings (SSSR count). The van der Waals surface area contributed by atoms with Gasteiger partial charge in [0.15, 0.2) is 0 Å². The van der Waals surface area contributed by atoms with Crippen LogP contribution in [0.2, 0.25) is 0 Å². The average Bonchev–Trinajstić information content (AvgIpc) is 3.11. The summed E-state index contributed by atoms with van der Waals surface area (Å²) in [6.45, 7) is 4.20. The maximum absolute atomic E-state index is 13.7. The number of amides is 1. The van der Waals surface area contributed by atoms with Gasteiger partial charge in [-0.15, -0.1) is 0 Å². The van der Waals surface area contributed by atoms with Gasteiger partial charge >= 0.3 is 0 Å². The SMILES string of the molecule is Cc1cc2nc(-c3ccccc3)cc(C(=O)N(C)C3CC4CCC(C3)N4)c2cc1C. The van der Waals surface area contributed by atoms with E-state index in [1.165, 1.54) is 24.0 Å². The second-order valence-corrected chi connectivity index (χ2v) is 9.05. The van der Waals surface area contributed by atoms with Crippen LogP contribution >= 0.6 is 0 Å². The van der Waals surface area contributed by atoms with Gasteiger partial charge < -0.3 is 10.2 Å². The van der Waals surface area contributed by atoms with E-state index in [4.69, 9.17) is 4.98 Å². The molecule has 2 aromatic carbocycles. The Morgan fingerprint density at radius 2 is 1.67 bits per heavy atom. The summed E-state index contributed by atoms with van der Waals surface area (Å²) >= 11 is 0. The maximum Gasteiger partial charge on any atom is 0.254 e. The van der Waals surface area contributed by atoms with Crippen LogP contribution in [0.5, 0.6) is 0 Å². The number of nitrogens with one attached hydrogen (secondary N) is 1. The Kier molecular flexibility index (Phi) is 4.82. The number of benzene rings is 2. The van der Waals surface area contributed by atoms with Crippen molar-refractivity contribution in [3.8, 4) is 11.3 Å². The number of hydrogen-bond donors (Lipinski definition) is 1. The molecule has 3 aromatic rings. The molecular weight excluding hydrogens is 370 g/mol. The number of carbonyl (C=O) groups is 1. The van der Waals surface area contributed by atoms with Crippen molar-refractivity contribution in [2.24, 2.45) is 0 Å². The first-order chi connectivity index (χ1) is 14.5. The number of aryl methyl sites for hydroxylation is 2. The predicted molar refractivity (Wildman–Crippen MR) is 122 cm³/mol.